The molecule has 0 radical (unpaired) electrons. The van der Waals surface area contributed by atoms with Gasteiger partial charge in [0.2, 0.25) is 0 Å². The first kappa shape index (κ1) is 22.8. The second kappa shape index (κ2) is 11.3. The molecule has 0 heterocycles. The van der Waals surface area contributed by atoms with Crippen LogP contribution in [0, 0.1) is 0 Å². The van der Waals surface area contributed by atoms with E-state index in [0.717, 1.165) is 0 Å². The fraction of sp³-hybridized carbons (Fsp3) is 0. The van der Waals surface area contributed by atoms with E-state index in [9.17, 15) is 0 Å². The maximum atomic E-state index is 8.82. The van der Waals surface area contributed by atoms with Crippen LogP contribution in [0.15, 0.2) is 0 Å². The molecule has 0 saturated heterocycles. The molecule has 0 aromatic heterocycles. The third-order valence-corrected chi connectivity index (χ3v) is 0. The molecule has 0 bridgehead atoms. The minimum absolute atomic E-state index is 0. The summed E-state index contributed by atoms with van der Waals surface area (Å²) in [6, 6.07) is 0. The Morgan fingerprint density at radius 2 is 1.09 bits per heavy atom. The van der Waals surface area contributed by atoms with Crippen LogP contribution in [0.2, 0.25) is 0 Å². The Bertz CT molecular complexity index is 159. The topological polar surface area (TPSA) is 138 Å². The Hall–Kier alpha value is 1.32. The fourth-order valence-electron chi connectivity index (χ4n) is 0. The number of hydrogen-bond acceptors (Lipinski definition) is 5. The van der Waals surface area contributed by atoms with Crippen LogP contribution in [0.25, 0.3) is 0 Å². The third kappa shape index (κ3) is 563. The van der Waals surface area contributed by atoms with Crippen LogP contribution in [0.4, 0.5) is 4.79 Å². The Morgan fingerprint density at radius 1 is 1.09 bits per heavy atom. The quantitative estimate of drug-likeness (QED) is 0.389. The maximum absolute atomic E-state index is 8.82. The van der Waals surface area contributed by atoms with E-state index in [4.69, 9.17) is 30.9 Å². The van der Waals surface area contributed by atoms with Crippen molar-refractivity contribution in [2.75, 3.05) is 0 Å². The Labute approximate surface area is 108 Å². The molecule has 0 aromatic carbocycles. The van der Waals surface area contributed by atoms with E-state index in [1.54, 1.807) is 0 Å². The van der Waals surface area contributed by atoms with Crippen molar-refractivity contribution < 1.29 is 104 Å². The van der Waals surface area contributed by atoms with Gasteiger partial charge in [0.05, 0.1) is 0 Å². The van der Waals surface area contributed by atoms with E-state index < -0.39 is 19.8 Å². The molecule has 2 N–H and O–H groups in total. The number of carbonyl (C=O) groups excluding carboxylic acids is 1. The zero-order valence-electron chi connectivity index (χ0n) is 5.84. The molecule has 0 aliphatic rings. The Morgan fingerprint density at radius 3 is 1.09 bits per heavy atom. The normalized spacial score (nSPS) is 7.45. The number of carbonyl (C=O) groups is 1. The number of carboxylic acid groups (broad SMARTS) is 2. The van der Waals surface area contributed by atoms with Crippen LogP contribution in [-0.2, 0) is 21.2 Å². The standard InChI is InChI=1S/CH2O3.Cr.2Na.2H2O.2O/c2-1(3)4;;;;;;;/h(H2,2,3,4);;;;2*1H2;;/q;+2;2*+1;;;;/p-4. The molecule has 0 spiro atoms. The Balaban J connectivity index is -0.0000000383. The molecule has 0 unspecified atom stereocenters. The van der Waals surface area contributed by atoms with Crippen molar-refractivity contribution >= 4 is 6.16 Å². The van der Waals surface area contributed by atoms with Crippen molar-refractivity contribution in [3.63, 3.8) is 0 Å². The molecular formula is CH2CrNa2O7. The predicted octanol–water partition coefficient (Wildman–Crippen LogP) is -9.79. The van der Waals surface area contributed by atoms with Gasteiger partial charge in [-0.25, -0.2) is 0 Å². The van der Waals surface area contributed by atoms with Gasteiger partial charge in [-0.2, -0.15) is 0 Å². The van der Waals surface area contributed by atoms with E-state index in [1.165, 1.54) is 0 Å². The summed E-state index contributed by atoms with van der Waals surface area (Å²) < 4.78 is 31.9. The van der Waals surface area contributed by atoms with Crippen molar-refractivity contribution in [1.29, 1.82) is 0 Å². The molecule has 0 aliphatic heterocycles. The monoisotopic (exact) mass is 224 g/mol. The molecular weight excluding hydrogens is 222 g/mol. The van der Waals surface area contributed by atoms with Crippen molar-refractivity contribution in [3.8, 4) is 0 Å². The molecule has 0 saturated carbocycles. The van der Waals surface area contributed by atoms with E-state index in [2.05, 4.69) is 0 Å². The molecule has 7 nitrogen and oxygen atoms in total. The van der Waals surface area contributed by atoms with Gasteiger partial charge in [0.25, 0.3) is 0 Å². The summed E-state index contributed by atoms with van der Waals surface area (Å²) in [6.45, 7) is 0. The number of rotatable bonds is 0. The average molecular weight is 224 g/mol. The van der Waals surface area contributed by atoms with Gasteiger partial charge in [-0.15, -0.1) is 0 Å². The van der Waals surface area contributed by atoms with Crippen LogP contribution >= 0.6 is 0 Å². The summed E-state index contributed by atoms with van der Waals surface area (Å²) in [6.07, 6.45) is -2.33. The van der Waals surface area contributed by atoms with Gasteiger partial charge in [-0.3, -0.25) is 0 Å². The van der Waals surface area contributed by atoms with Crippen molar-refractivity contribution in [2.45, 2.75) is 0 Å². The summed E-state index contributed by atoms with van der Waals surface area (Å²) in [4.78, 5) is 8.33. The molecule has 56 valence electrons. The molecule has 0 fully saturated rings. The van der Waals surface area contributed by atoms with Gasteiger partial charge < -0.3 is 15.0 Å². The van der Waals surface area contributed by atoms with E-state index in [0.29, 0.717) is 0 Å². The average Bonchev–Trinajstić information content (AvgIpc) is 1.19. The van der Waals surface area contributed by atoms with Gasteiger partial charge in [0.1, 0.15) is 0 Å². The Kier molecular flexibility index (Phi) is 23.5. The second-order valence-corrected chi connectivity index (χ2v) is 2.10. The molecule has 0 aromatic rings. The SMILES string of the molecule is O=C([O-])[O-].[Na+].[Na+].[O]=[Cr](=[O])([OH])[OH]. The molecule has 0 atom stereocenters. The molecule has 11 heavy (non-hydrogen) atoms. The second-order valence-electron chi connectivity index (χ2n) is 0.698. The van der Waals surface area contributed by atoms with E-state index >= 15 is 0 Å². The molecule has 0 amide bonds. The van der Waals surface area contributed by atoms with Crippen molar-refractivity contribution in [2.24, 2.45) is 0 Å². The van der Waals surface area contributed by atoms with Gasteiger partial charge in [0.15, 0.2) is 0 Å². The summed E-state index contributed by atoms with van der Waals surface area (Å²) in [5.74, 6) is 0. The van der Waals surface area contributed by atoms with Crippen LogP contribution in [0.5, 0.6) is 0 Å². The molecule has 0 aliphatic carbocycles. The molecule has 10 heteroatoms. The summed E-state index contributed by atoms with van der Waals surface area (Å²) in [5.41, 5.74) is 0. The first-order valence-corrected chi connectivity index (χ1v) is 3.49. The van der Waals surface area contributed by atoms with E-state index in [1.807, 2.05) is 0 Å². The van der Waals surface area contributed by atoms with Gasteiger partial charge in [-0.05, 0) is 6.16 Å². The number of hydrogen-bond donors (Lipinski definition) is 2. The van der Waals surface area contributed by atoms with Crippen LogP contribution in [0.3, 0.4) is 0 Å². The van der Waals surface area contributed by atoms with Crippen LogP contribution < -0.4 is 69.3 Å². The first-order chi connectivity index (χ1) is 3.73. The van der Waals surface area contributed by atoms with Crippen molar-refractivity contribution in [3.05, 3.63) is 0 Å². The van der Waals surface area contributed by atoms with Crippen LogP contribution in [-0.4, -0.2) is 14.5 Å². The van der Waals surface area contributed by atoms with Gasteiger partial charge >= 0.3 is 88.7 Å². The summed E-state index contributed by atoms with van der Waals surface area (Å²) in [7, 11) is 0. The zero-order valence-corrected chi connectivity index (χ0v) is 11.1. The van der Waals surface area contributed by atoms with Crippen LogP contribution in [0.1, 0.15) is 0 Å². The first-order valence-electron chi connectivity index (χ1n) is 1.31. The van der Waals surface area contributed by atoms with Crippen molar-refractivity contribution in [1.82, 2.24) is 0 Å². The summed E-state index contributed by atoms with van der Waals surface area (Å²) in [5, 5.41) is 16.7. The fourth-order valence-corrected chi connectivity index (χ4v) is 0. The minimum atomic E-state index is -5.25. The third-order valence-electron chi connectivity index (χ3n) is 0. The summed E-state index contributed by atoms with van der Waals surface area (Å²) >= 11 is -5.25. The van der Waals surface area contributed by atoms with E-state index in [-0.39, 0.29) is 59.1 Å². The van der Waals surface area contributed by atoms with Gasteiger partial charge in [-0.1, -0.05) is 0 Å². The zero-order chi connectivity index (χ0) is 8.08. The molecule has 0 rings (SSSR count). The van der Waals surface area contributed by atoms with Gasteiger partial charge in [0, 0.05) is 0 Å². The predicted molar refractivity (Wildman–Crippen MR) is 11.2 cm³/mol.